The van der Waals surface area contributed by atoms with Gasteiger partial charge in [-0.3, -0.25) is 15.2 Å². The van der Waals surface area contributed by atoms with Gasteiger partial charge in [0, 0.05) is 11.8 Å². The normalized spacial score (nSPS) is 14.2. The Labute approximate surface area is 117 Å². The first kappa shape index (κ1) is 16.4. The summed E-state index contributed by atoms with van der Waals surface area (Å²) in [6.07, 6.45) is 8.77. The van der Waals surface area contributed by atoms with Gasteiger partial charge in [0.1, 0.15) is 0 Å². The summed E-state index contributed by atoms with van der Waals surface area (Å²) in [5, 5.41) is 3.72. The number of rotatable bonds is 10. The van der Waals surface area contributed by atoms with Crippen LogP contribution in [-0.2, 0) is 4.57 Å². The van der Waals surface area contributed by atoms with E-state index in [1.807, 2.05) is 30.3 Å². The first-order valence-electron chi connectivity index (χ1n) is 7.36. The standard InChI is InChI=1S/C15H27N2OP/c1-2-3-4-5-6-7-11-14-17-19(16,18)15-12-9-8-10-13-15/h8-10,12-13H,2-7,11,14H2,1H3,(H3,16,17,18). The molecule has 19 heavy (non-hydrogen) atoms. The van der Waals surface area contributed by atoms with Crippen LogP contribution in [0.3, 0.4) is 0 Å². The lowest BCUT2D eigenvalue weighted by Gasteiger charge is -2.14. The summed E-state index contributed by atoms with van der Waals surface area (Å²) in [5.41, 5.74) is 5.86. The highest BCUT2D eigenvalue weighted by atomic mass is 31.2. The van der Waals surface area contributed by atoms with Gasteiger partial charge < -0.3 is 0 Å². The minimum atomic E-state index is -2.86. The van der Waals surface area contributed by atoms with Crippen molar-refractivity contribution in [3.63, 3.8) is 0 Å². The lowest BCUT2D eigenvalue weighted by atomic mass is 10.1. The maximum absolute atomic E-state index is 12.3. The maximum atomic E-state index is 12.3. The van der Waals surface area contributed by atoms with Gasteiger partial charge in [0.15, 0.2) is 0 Å². The van der Waals surface area contributed by atoms with E-state index in [1.165, 1.54) is 38.5 Å². The smallest absolute Gasteiger partial charge is 0.237 e. The zero-order chi connectivity index (χ0) is 14.0. The lowest BCUT2D eigenvalue weighted by molar-refractivity contribution is 0.561. The van der Waals surface area contributed by atoms with Crippen LogP contribution < -0.4 is 15.9 Å². The van der Waals surface area contributed by atoms with Gasteiger partial charge >= 0.3 is 0 Å². The highest BCUT2D eigenvalue weighted by Gasteiger charge is 2.16. The molecule has 0 aliphatic rings. The fourth-order valence-electron chi connectivity index (χ4n) is 2.07. The molecule has 0 bridgehead atoms. The van der Waals surface area contributed by atoms with Gasteiger partial charge in [0.2, 0.25) is 7.44 Å². The number of hydrogen-bond donors (Lipinski definition) is 2. The molecule has 3 nitrogen and oxygen atoms in total. The summed E-state index contributed by atoms with van der Waals surface area (Å²) in [7, 11) is -2.86. The quantitative estimate of drug-likeness (QED) is 0.507. The summed E-state index contributed by atoms with van der Waals surface area (Å²) < 4.78 is 12.3. The van der Waals surface area contributed by atoms with Crippen LogP contribution in [0.2, 0.25) is 0 Å². The number of nitrogens with two attached hydrogens (primary N) is 1. The molecular formula is C15H27N2OP. The molecule has 0 saturated carbocycles. The van der Waals surface area contributed by atoms with E-state index < -0.39 is 7.44 Å². The van der Waals surface area contributed by atoms with Gasteiger partial charge in [-0.05, 0) is 18.6 Å². The van der Waals surface area contributed by atoms with E-state index in [0.29, 0.717) is 5.30 Å². The minimum Gasteiger partial charge on any atom is -0.284 e. The molecule has 0 fully saturated rings. The van der Waals surface area contributed by atoms with E-state index in [1.54, 1.807) is 0 Å². The molecule has 3 N–H and O–H groups in total. The highest BCUT2D eigenvalue weighted by molar-refractivity contribution is 7.67. The number of benzene rings is 1. The SMILES string of the molecule is CCCCCCCCCNP(N)(=O)c1ccccc1. The van der Waals surface area contributed by atoms with Crippen LogP contribution in [0.4, 0.5) is 0 Å². The molecule has 1 unspecified atom stereocenters. The molecule has 0 aliphatic carbocycles. The van der Waals surface area contributed by atoms with Crippen molar-refractivity contribution in [1.29, 1.82) is 0 Å². The van der Waals surface area contributed by atoms with Crippen molar-refractivity contribution in [3.8, 4) is 0 Å². The average molecular weight is 282 g/mol. The first-order valence-corrected chi connectivity index (χ1v) is 9.14. The van der Waals surface area contributed by atoms with E-state index in [-0.39, 0.29) is 0 Å². The Morgan fingerprint density at radius 1 is 1.00 bits per heavy atom. The topological polar surface area (TPSA) is 55.1 Å². The van der Waals surface area contributed by atoms with Gasteiger partial charge in [0.25, 0.3) is 0 Å². The molecule has 0 spiro atoms. The van der Waals surface area contributed by atoms with E-state index in [2.05, 4.69) is 12.0 Å². The fourth-order valence-corrected chi connectivity index (χ4v) is 3.36. The molecule has 1 rings (SSSR count). The molecular weight excluding hydrogens is 255 g/mol. The van der Waals surface area contributed by atoms with Gasteiger partial charge in [-0.25, -0.2) is 0 Å². The zero-order valence-electron chi connectivity index (χ0n) is 12.0. The van der Waals surface area contributed by atoms with Crippen molar-refractivity contribution in [3.05, 3.63) is 30.3 Å². The summed E-state index contributed by atoms with van der Waals surface area (Å²) in [6.45, 7) is 2.96. The third-order valence-corrected chi connectivity index (χ3v) is 5.03. The van der Waals surface area contributed by atoms with Crippen molar-refractivity contribution in [2.75, 3.05) is 6.54 Å². The highest BCUT2D eigenvalue weighted by Crippen LogP contribution is 2.28. The van der Waals surface area contributed by atoms with Crippen molar-refractivity contribution < 1.29 is 4.57 Å². The van der Waals surface area contributed by atoms with Crippen molar-refractivity contribution in [2.24, 2.45) is 5.50 Å². The minimum absolute atomic E-state index is 0.706. The second kappa shape index (κ2) is 9.30. The van der Waals surface area contributed by atoms with E-state index in [0.717, 1.165) is 13.0 Å². The second-order valence-electron chi connectivity index (χ2n) is 5.02. The largest absolute Gasteiger partial charge is 0.284 e. The Morgan fingerprint density at radius 2 is 1.58 bits per heavy atom. The molecule has 1 atom stereocenters. The van der Waals surface area contributed by atoms with Crippen molar-refractivity contribution in [1.82, 2.24) is 5.09 Å². The fraction of sp³-hybridized carbons (Fsp3) is 0.600. The number of hydrogen-bond acceptors (Lipinski definition) is 1. The first-order chi connectivity index (χ1) is 9.17. The van der Waals surface area contributed by atoms with Gasteiger partial charge in [-0.15, -0.1) is 0 Å². The Balaban J connectivity index is 2.13. The average Bonchev–Trinajstić information content (AvgIpc) is 2.43. The molecule has 0 amide bonds. The molecule has 1 aromatic rings. The Bertz CT molecular complexity index is 381. The lowest BCUT2D eigenvalue weighted by Crippen LogP contribution is -2.25. The molecule has 108 valence electrons. The van der Waals surface area contributed by atoms with Crippen LogP contribution in [-0.4, -0.2) is 6.54 Å². The molecule has 0 aliphatic heterocycles. The maximum Gasteiger partial charge on any atom is 0.237 e. The Kier molecular flexibility index (Phi) is 8.04. The Hall–Kier alpha value is -0.630. The van der Waals surface area contributed by atoms with Crippen molar-refractivity contribution >= 4 is 12.7 Å². The van der Waals surface area contributed by atoms with Crippen LogP contribution in [0, 0.1) is 0 Å². The third kappa shape index (κ3) is 6.91. The van der Waals surface area contributed by atoms with Gasteiger partial charge in [-0.1, -0.05) is 63.6 Å². The van der Waals surface area contributed by atoms with Gasteiger partial charge in [-0.2, -0.15) is 0 Å². The molecule has 0 heterocycles. The van der Waals surface area contributed by atoms with E-state index >= 15 is 0 Å². The molecule has 1 aromatic carbocycles. The van der Waals surface area contributed by atoms with Gasteiger partial charge in [0.05, 0.1) is 0 Å². The predicted molar refractivity (Wildman–Crippen MR) is 83.9 cm³/mol. The van der Waals surface area contributed by atoms with Crippen LogP contribution in [0.15, 0.2) is 30.3 Å². The molecule has 4 heteroatoms. The third-order valence-electron chi connectivity index (χ3n) is 3.27. The monoisotopic (exact) mass is 282 g/mol. The molecule has 0 saturated heterocycles. The second-order valence-corrected chi connectivity index (χ2v) is 7.17. The number of unbranched alkanes of at least 4 members (excludes halogenated alkanes) is 6. The van der Waals surface area contributed by atoms with Crippen LogP contribution >= 0.6 is 7.44 Å². The summed E-state index contributed by atoms with van der Waals surface area (Å²) >= 11 is 0. The van der Waals surface area contributed by atoms with E-state index in [9.17, 15) is 4.57 Å². The van der Waals surface area contributed by atoms with E-state index in [4.69, 9.17) is 5.50 Å². The molecule has 0 aromatic heterocycles. The number of nitrogens with one attached hydrogen (secondary N) is 1. The molecule has 0 radical (unpaired) electrons. The summed E-state index contributed by atoms with van der Waals surface area (Å²) in [6, 6.07) is 9.27. The van der Waals surface area contributed by atoms with Crippen LogP contribution in [0.5, 0.6) is 0 Å². The summed E-state index contributed by atoms with van der Waals surface area (Å²) in [5.74, 6) is 0. The zero-order valence-corrected chi connectivity index (χ0v) is 12.9. The summed E-state index contributed by atoms with van der Waals surface area (Å²) in [4.78, 5) is 0. The van der Waals surface area contributed by atoms with Crippen molar-refractivity contribution in [2.45, 2.75) is 51.9 Å². The van der Waals surface area contributed by atoms with Crippen LogP contribution in [0.1, 0.15) is 51.9 Å². The predicted octanol–water partition coefficient (Wildman–Crippen LogP) is 3.80. The Morgan fingerprint density at radius 3 is 2.21 bits per heavy atom. The van der Waals surface area contributed by atoms with Crippen LogP contribution in [0.25, 0.3) is 0 Å².